The van der Waals surface area contributed by atoms with Gasteiger partial charge in [0.2, 0.25) is 0 Å². The van der Waals surface area contributed by atoms with Crippen molar-refractivity contribution in [3.05, 3.63) is 41.0 Å². The van der Waals surface area contributed by atoms with Crippen molar-refractivity contribution in [1.82, 2.24) is 4.57 Å². The maximum absolute atomic E-state index is 12.7. The van der Waals surface area contributed by atoms with Crippen molar-refractivity contribution >= 4 is 11.7 Å². The Balaban J connectivity index is 1.80. The second kappa shape index (κ2) is 8.24. The molecule has 0 aliphatic carbocycles. The first-order valence-electron chi connectivity index (χ1n) is 9.35. The first-order valence-corrected chi connectivity index (χ1v) is 9.35. The number of nitriles is 1. The lowest BCUT2D eigenvalue weighted by Crippen LogP contribution is -3.12. The van der Waals surface area contributed by atoms with Crippen LogP contribution in [-0.4, -0.2) is 30.1 Å². The fourth-order valence-corrected chi connectivity index (χ4v) is 3.70. The minimum Gasteiger partial charge on any atom is -0.467 e. The van der Waals surface area contributed by atoms with Crippen LogP contribution in [0.15, 0.2) is 22.8 Å². The van der Waals surface area contributed by atoms with Gasteiger partial charge in [-0.15, -0.1) is 0 Å². The molecular weight excluding hydrogens is 328 g/mol. The van der Waals surface area contributed by atoms with Crippen molar-refractivity contribution in [3.8, 4) is 6.07 Å². The molecule has 0 aromatic carbocycles. The van der Waals surface area contributed by atoms with Crippen LogP contribution in [0.1, 0.15) is 48.3 Å². The molecule has 1 aliphatic rings. The Bertz CT molecular complexity index is 791. The van der Waals surface area contributed by atoms with E-state index < -0.39 is 0 Å². The van der Waals surface area contributed by atoms with Crippen LogP contribution >= 0.6 is 0 Å². The van der Waals surface area contributed by atoms with Gasteiger partial charge in [0.05, 0.1) is 31.5 Å². The molecule has 0 unspecified atom stereocenters. The van der Waals surface area contributed by atoms with Gasteiger partial charge in [0.15, 0.2) is 6.54 Å². The van der Waals surface area contributed by atoms with Crippen LogP contribution in [0.2, 0.25) is 0 Å². The summed E-state index contributed by atoms with van der Waals surface area (Å²) in [7, 11) is 0. The SMILES string of the molecule is Cc1c(C#N)c(NC(=O)C[NH+]2CCCCCC2)n(Cc2ccco2)c1C. The predicted molar refractivity (Wildman–Crippen MR) is 99.1 cm³/mol. The summed E-state index contributed by atoms with van der Waals surface area (Å²) in [5.41, 5.74) is 2.40. The average Bonchev–Trinajstić information content (AvgIpc) is 3.10. The van der Waals surface area contributed by atoms with E-state index in [4.69, 9.17) is 4.42 Å². The van der Waals surface area contributed by atoms with E-state index in [1.807, 2.05) is 30.5 Å². The molecule has 2 aromatic rings. The van der Waals surface area contributed by atoms with Gasteiger partial charge in [0.25, 0.3) is 5.91 Å². The molecule has 1 fully saturated rings. The van der Waals surface area contributed by atoms with E-state index in [2.05, 4.69) is 11.4 Å². The Kier molecular flexibility index (Phi) is 5.79. The van der Waals surface area contributed by atoms with Gasteiger partial charge in [-0.05, 0) is 57.2 Å². The third kappa shape index (κ3) is 4.00. The number of amides is 1. The molecule has 6 nitrogen and oxygen atoms in total. The highest BCUT2D eigenvalue weighted by Crippen LogP contribution is 2.27. The molecule has 2 aromatic heterocycles. The van der Waals surface area contributed by atoms with Crippen LogP contribution in [0.25, 0.3) is 0 Å². The molecular formula is C20H27N4O2+. The lowest BCUT2D eigenvalue weighted by atomic mass is 10.2. The Morgan fingerprint density at radius 3 is 2.65 bits per heavy atom. The number of rotatable bonds is 5. The van der Waals surface area contributed by atoms with Gasteiger partial charge in [0, 0.05) is 5.69 Å². The maximum atomic E-state index is 12.7. The number of furan rings is 1. The highest BCUT2D eigenvalue weighted by Gasteiger charge is 2.22. The molecule has 6 heteroatoms. The maximum Gasteiger partial charge on any atom is 0.280 e. The van der Waals surface area contributed by atoms with Crippen LogP contribution in [0, 0.1) is 25.2 Å². The van der Waals surface area contributed by atoms with E-state index in [1.165, 1.54) is 30.6 Å². The fourth-order valence-electron chi connectivity index (χ4n) is 3.70. The minimum absolute atomic E-state index is 0.0309. The van der Waals surface area contributed by atoms with Crippen LogP contribution in [0.4, 0.5) is 5.82 Å². The number of quaternary nitrogens is 1. The number of likely N-dealkylation sites (tertiary alicyclic amines) is 1. The van der Waals surface area contributed by atoms with Crippen molar-refractivity contribution in [2.75, 3.05) is 25.0 Å². The summed E-state index contributed by atoms with van der Waals surface area (Å²) in [6.45, 7) is 6.92. The van der Waals surface area contributed by atoms with Gasteiger partial charge in [-0.1, -0.05) is 0 Å². The van der Waals surface area contributed by atoms with Crippen molar-refractivity contribution < 1.29 is 14.1 Å². The Morgan fingerprint density at radius 1 is 1.31 bits per heavy atom. The lowest BCUT2D eigenvalue weighted by Gasteiger charge is -2.17. The van der Waals surface area contributed by atoms with Crippen molar-refractivity contribution in [1.29, 1.82) is 5.26 Å². The monoisotopic (exact) mass is 355 g/mol. The zero-order valence-corrected chi connectivity index (χ0v) is 15.6. The third-order valence-electron chi connectivity index (χ3n) is 5.31. The molecule has 26 heavy (non-hydrogen) atoms. The Hall–Kier alpha value is -2.52. The molecule has 0 bridgehead atoms. The first-order chi connectivity index (χ1) is 12.6. The number of carbonyl (C=O) groups excluding carboxylic acids is 1. The average molecular weight is 355 g/mol. The molecule has 0 atom stereocenters. The number of nitrogens with one attached hydrogen (secondary N) is 2. The molecule has 0 radical (unpaired) electrons. The van der Waals surface area contributed by atoms with E-state index in [1.54, 1.807) is 6.26 Å². The van der Waals surface area contributed by atoms with Crippen molar-refractivity contribution in [2.45, 2.75) is 46.1 Å². The second-order valence-electron chi connectivity index (χ2n) is 7.10. The van der Waals surface area contributed by atoms with Crippen LogP contribution in [0.5, 0.6) is 0 Å². The van der Waals surface area contributed by atoms with Crippen LogP contribution in [0.3, 0.4) is 0 Å². The molecule has 1 saturated heterocycles. The van der Waals surface area contributed by atoms with E-state index in [9.17, 15) is 10.1 Å². The molecule has 0 saturated carbocycles. The van der Waals surface area contributed by atoms with E-state index in [0.717, 1.165) is 30.1 Å². The highest BCUT2D eigenvalue weighted by atomic mass is 16.3. The molecule has 0 spiro atoms. The predicted octanol–water partition coefficient (Wildman–Crippen LogP) is 2.02. The summed E-state index contributed by atoms with van der Waals surface area (Å²) in [5, 5.41) is 12.6. The smallest absolute Gasteiger partial charge is 0.280 e. The number of carbonyl (C=O) groups is 1. The molecule has 3 heterocycles. The van der Waals surface area contributed by atoms with Crippen LogP contribution in [-0.2, 0) is 11.3 Å². The molecule has 2 N–H and O–H groups in total. The Labute approximate surface area is 154 Å². The zero-order valence-electron chi connectivity index (χ0n) is 15.6. The van der Waals surface area contributed by atoms with Gasteiger partial charge in [-0.2, -0.15) is 5.26 Å². The minimum atomic E-state index is -0.0309. The number of anilines is 1. The number of hydrogen-bond acceptors (Lipinski definition) is 3. The number of nitrogens with zero attached hydrogens (tertiary/aromatic N) is 2. The number of hydrogen-bond donors (Lipinski definition) is 2. The lowest BCUT2D eigenvalue weighted by molar-refractivity contribution is -0.890. The van der Waals surface area contributed by atoms with Crippen molar-refractivity contribution in [3.63, 3.8) is 0 Å². The van der Waals surface area contributed by atoms with Gasteiger partial charge in [-0.25, -0.2) is 0 Å². The highest BCUT2D eigenvalue weighted by molar-refractivity contribution is 5.92. The molecule has 3 rings (SSSR count). The molecule has 138 valence electrons. The molecule has 1 aliphatic heterocycles. The quantitative estimate of drug-likeness (QED) is 0.861. The summed E-state index contributed by atoms with van der Waals surface area (Å²) in [4.78, 5) is 14.0. The normalized spacial score (nSPS) is 15.4. The largest absolute Gasteiger partial charge is 0.467 e. The summed E-state index contributed by atoms with van der Waals surface area (Å²) < 4.78 is 7.41. The first kappa shape index (κ1) is 18.3. The summed E-state index contributed by atoms with van der Waals surface area (Å²) >= 11 is 0. The van der Waals surface area contributed by atoms with Gasteiger partial charge in [0.1, 0.15) is 17.6 Å². The molecule has 1 amide bonds. The van der Waals surface area contributed by atoms with Gasteiger partial charge in [-0.3, -0.25) is 4.79 Å². The van der Waals surface area contributed by atoms with Gasteiger partial charge >= 0.3 is 0 Å². The van der Waals surface area contributed by atoms with Crippen LogP contribution < -0.4 is 10.2 Å². The summed E-state index contributed by atoms with van der Waals surface area (Å²) in [6.07, 6.45) is 6.51. The standard InChI is InChI=1S/C20H26N4O2/c1-15-16(2)24(13-17-8-7-11-26-17)20(18(15)12-21)22-19(25)14-23-9-5-3-4-6-10-23/h7-8,11H,3-6,9-10,13-14H2,1-2H3,(H,22,25)/p+1. The van der Waals surface area contributed by atoms with E-state index in [-0.39, 0.29) is 5.91 Å². The van der Waals surface area contributed by atoms with Crippen molar-refractivity contribution in [2.24, 2.45) is 0 Å². The topological polar surface area (TPSA) is 75.4 Å². The Morgan fingerprint density at radius 2 is 2.04 bits per heavy atom. The fraction of sp³-hybridized carbons (Fsp3) is 0.500. The van der Waals surface area contributed by atoms with Gasteiger partial charge < -0.3 is 19.2 Å². The number of aromatic nitrogens is 1. The summed E-state index contributed by atoms with van der Waals surface area (Å²) in [5.74, 6) is 1.34. The summed E-state index contributed by atoms with van der Waals surface area (Å²) in [6, 6.07) is 5.99. The second-order valence-corrected chi connectivity index (χ2v) is 7.10. The zero-order chi connectivity index (χ0) is 18.5. The third-order valence-corrected chi connectivity index (χ3v) is 5.31. The van der Waals surface area contributed by atoms with E-state index >= 15 is 0 Å². The van der Waals surface area contributed by atoms with E-state index in [0.29, 0.717) is 24.5 Å².